The predicted octanol–water partition coefficient (Wildman–Crippen LogP) is 4.60. The number of aromatic amines is 1. The lowest BCUT2D eigenvalue weighted by Crippen LogP contribution is -2.26. The molecule has 1 aliphatic carbocycles. The van der Waals surface area contributed by atoms with Crippen LogP contribution in [0, 0.1) is 5.92 Å². The van der Waals surface area contributed by atoms with E-state index >= 15 is 0 Å². The number of carbonyl (C=O) groups is 1. The minimum absolute atomic E-state index is 0.173. The Hall–Kier alpha value is -2.03. The fraction of sp³-hybridized carbons (Fsp3) is 0.450. The average molecular weight is 312 g/mol. The van der Waals surface area contributed by atoms with E-state index in [2.05, 4.69) is 29.0 Å². The van der Waals surface area contributed by atoms with Gasteiger partial charge in [0, 0.05) is 30.1 Å². The van der Waals surface area contributed by atoms with Gasteiger partial charge in [0.1, 0.15) is 0 Å². The summed E-state index contributed by atoms with van der Waals surface area (Å²) in [4.78, 5) is 15.1. The van der Waals surface area contributed by atoms with Gasteiger partial charge in [-0.05, 0) is 43.2 Å². The number of nitrogens with one attached hydrogen (secondary N) is 2. The maximum Gasteiger partial charge on any atom is 0.220 e. The second-order valence-corrected chi connectivity index (χ2v) is 6.02. The molecule has 3 heteroatoms. The van der Waals surface area contributed by atoms with Crippen LogP contribution in [0.2, 0.25) is 0 Å². The number of carbonyl (C=O) groups excluding carboxylic acids is 1. The molecule has 124 valence electrons. The van der Waals surface area contributed by atoms with E-state index in [0.717, 1.165) is 31.2 Å². The SMILES string of the molecule is C=C1CC(CCC(=O)NCCc2c[nH]c3ccccc23)C1.CC. The standard InChI is InChI=1S/C18H22N2O.C2H6/c1-13-10-14(11-13)6-7-18(21)19-9-8-15-12-20-17-5-3-2-4-16(15)17;1-2/h2-5,12,14,20H,1,6-11H2,(H,19,21);1-2H3. The Labute approximate surface area is 139 Å². The molecule has 3 nitrogen and oxygen atoms in total. The minimum atomic E-state index is 0.173. The molecule has 1 fully saturated rings. The minimum Gasteiger partial charge on any atom is -0.361 e. The first-order valence-corrected chi connectivity index (χ1v) is 8.70. The highest BCUT2D eigenvalue weighted by atomic mass is 16.1. The van der Waals surface area contributed by atoms with Crippen LogP contribution in [0.25, 0.3) is 10.9 Å². The maximum absolute atomic E-state index is 11.8. The van der Waals surface area contributed by atoms with Crippen molar-refractivity contribution in [3.05, 3.63) is 48.2 Å². The molecule has 1 aromatic carbocycles. The molecular weight excluding hydrogens is 284 g/mol. The van der Waals surface area contributed by atoms with E-state index in [9.17, 15) is 4.79 Å². The van der Waals surface area contributed by atoms with E-state index in [4.69, 9.17) is 0 Å². The van der Waals surface area contributed by atoms with E-state index in [0.29, 0.717) is 18.9 Å². The molecule has 0 saturated heterocycles. The summed E-state index contributed by atoms with van der Waals surface area (Å²) in [7, 11) is 0. The van der Waals surface area contributed by atoms with Crippen LogP contribution in [-0.2, 0) is 11.2 Å². The molecule has 1 amide bonds. The van der Waals surface area contributed by atoms with Gasteiger partial charge in [0.25, 0.3) is 0 Å². The molecule has 1 aliphatic rings. The zero-order chi connectivity index (χ0) is 16.7. The summed E-state index contributed by atoms with van der Waals surface area (Å²) in [5, 5.41) is 4.27. The molecule has 1 aromatic heterocycles. The summed E-state index contributed by atoms with van der Waals surface area (Å²) in [6.07, 6.45) is 6.78. The van der Waals surface area contributed by atoms with Crippen LogP contribution in [0.5, 0.6) is 0 Å². The number of benzene rings is 1. The second-order valence-electron chi connectivity index (χ2n) is 6.02. The number of allylic oxidation sites excluding steroid dienone is 1. The average Bonchev–Trinajstić information content (AvgIpc) is 2.96. The summed E-state index contributed by atoms with van der Waals surface area (Å²) in [6, 6.07) is 8.26. The zero-order valence-electron chi connectivity index (χ0n) is 14.3. The molecule has 0 unspecified atom stereocenters. The highest BCUT2D eigenvalue weighted by Crippen LogP contribution is 2.34. The van der Waals surface area contributed by atoms with Gasteiger partial charge in [0.2, 0.25) is 5.91 Å². The van der Waals surface area contributed by atoms with Crippen LogP contribution >= 0.6 is 0 Å². The molecule has 23 heavy (non-hydrogen) atoms. The summed E-state index contributed by atoms with van der Waals surface area (Å²) >= 11 is 0. The second kappa shape index (κ2) is 8.56. The number of H-pyrrole nitrogens is 1. The predicted molar refractivity (Wildman–Crippen MR) is 97.5 cm³/mol. The number of hydrogen-bond acceptors (Lipinski definition) is 1. The summed E-state index contributed by atoms with van der Waals surface area (Å²) in [6.45, 7) is 8.64. The van der Waals surface area contributed by atoms with Crippen molar-refractivity contribution in [3.8, 4) is 0 Å². The van der Waals surface area contributed by atoms with Crippen molar-refractivity contribution >= 4 is 16.8 Å². The van der Waals surface area contributed by atoms with Gasteiger partial charge in [-0.15, -0.1) is 0 Å². The van der Waals surface area contributed by atoms with E-state index in [-0.39, 0.29) is 5.91 Å². The molecule has 0 radical (unpaired) electrons. The van der Waals surface area contributed by atoms with E-state index < -0.39 is 0 Å². The fourth-order valence-corrected chi connectivity index (χ4v) is 3.06. The highest BCUT2D eigenvalue weighted by Gasteiger charge is 2.21. The molecule has 1 heterocycles. The Bertz CT molecular complexity index is 648. The number of aromatic nitrogens is 1. The van der Waals surface area contributed by atoms with Crippen LogP contribution in [0.3, 0.4) is 0 Å². The smallest absolute Gasteiger partial charge is 0.220 e. The molecular formula is C20H28N2O. The number of amides is 1. The van der Waals surface area contributed by atoms with Crippen molar-refractivity contribution < 1.29 is 4.79 Å². The van der Waals surface area contributed by atoms with Gasteiger partial charge in [-0.3, -0.25) is 4.79 Å². The Morgan fingerprint density at radius 3 is 2.78 bits per heavy atom. The molecule has 2 aromatic rings. The molecule has 2 N–H and O–H groups in total. The van der Waals surface area contributed by atoms with Gasteiger partial charge in [0.05, 0.1) is 0 Å². The molecule has 1 saturated carbocycles. The molecule has 0 aliphatic heterocycles. The van der Waals surface area contributed by atoms with Gasteiger partial charge in [0.15, 0.2) is 0 Å². The van der Waals surface area contributed by atoms with Gasteiger partial charge in [-0.25, -0.2) is 0 Å². The molecule has 0 atom stereocenters. The topological polar surface area (TPSA) is 44.9 Å². The highest BCUT2D eigenvalue weighted by molar-refractivity contribution is 5.83. The fourth-order valence-electron chi connectivity index (χ4n) is 3.06. The Morgan fingerprint density at radius 2 is 2.04 bits per heavy atom. The molecule has 0 bridgehead atoms. The number of fused-ring (bicyclic) bond motifs is 1. The van der Waals surface area contributed by atoms with Crippen molar-refractivity contribution in [2.45, 2.75) is 46.0 Å². The van der Waals surface area contributed by atoms with Gasteiger partial charge in [-0.2, -0.15) is 0 Å². The summed E-state index contributed by atoms with van der Waals surface area (Å²) < 4.78 is 0. The van der Waals surface area contributed by atoms with E-state index in [1.54, 1.807) is 0 Å². The zero-order valence-corrected chi connectivity index (χ0v) is 14.3. The van der Waals surface area contributed by atoms with Crippen LogP contribution in [-0.4, -0.2) is 17.4 Å². The Kier molecular flexibility index (Phi) is 6.45. The van der Waals surface area contributed by atoms with Crippen LogP contribution in [0.1, 0.15) is 45.1 Å². The summed E-state index contributed by atoms with van der Waals surface area (Å²) in [5.74, 6) is 0.865. The number of hydrogen-bond donors (Lipinski definition) is 2. The van der Waals surface area contributed by atoms with Crippen LogP contribution in [0.15, 0.2) is 42.6 Å². The Balaban J connectivity index is 0.000000924. The van der Waals surface area contributed by atoms with Crippen molar-refractivity contribution in [1.82, 2.24) is 10.3 Å². The number of rotatable bonds is 6. The first-order valence-electron chi connectivity index (χ1n) is 8.70. The lowest BCUT2D eigenvalue weighted by molar-refractivity contribution is -0.121. The third kappa shape index (κ3) is 4.72. The van der Waals surface area contributed by atoms with Gasteiger partial charge in [-0.1, -0.05) is 44.2 Å². The largest absolute Gasteiger partial charge is 0.361 e. The van der Waals surface area contributed by atoms with Crippen molar-refractivity contribution in [3.63, 3.8) is 0 Å². The van der Waals surface area contributed by atoms with Crippen molar-refractivity contribution in [2.75, 3.05) is 6.54 Å². The number of para-hydroxylation sites is 1. The first kappa shape index (κ1) is 17.3. The quantitative estimate of drug-likeness (QED) is 0.752. The normalized spacial score (nSPS) is 14.1. The monoisotopic (exact) mass is 312 g/mol. The van der Waals surface area contributed by atoms with E-state index in [1.165, 1.54) is 16.5 Å². The van der Waals surface area contributed by atoms with Crippen molar-refractivity contribution in [2.24, 2.45) is 5.92 Å². The first-order chi connectivity index (χ1) is 11.2. The van der Waals surface area contributed by atoms with E-state index in [1.807, 2.05) is 32.2 Å². The Morgan fingerprint density at radius 1 is 1.30 bits per heavy atom. The van der Waals surface area contributed by atoms with Crippen LogP contribution in [0.4, 0.5) is 0 Å². The molecule has 0 spiro atoms. The maximum atomic E-state index is 11.8. The van der Waals surface area contributed by atoms with Gasteiger partial charge < -0.3 is 10.3 Å². The third-order valence-electron chi connectivity index (χ3n) is 4.33. The third-order valence-corrected chi connectivity index (χ3v) is 4.33. The van der Waals surface area contributed by atoms with Crippen molar-refractivity contribution in [1.29, 1.82) is 0 Å². The lowest BCUT2D eigenvalue weighted by atomic mass is 9.78. The lowest BCUT2D eigenvalue weighted by Gasteiger charge is -2.27. The molecule has 3 rings (SSSR count). The van der Waals surface area contributed by atoms with Gasteiger partial charge >= 0.3 is 0 Å². The summed E-state index contributed by atoms with van der Waals surface area (Å²) in [5.41, 5.74) is 3.75. The van der Waals surface area contributed by atoms with Crippen LogP contribution < -0.4 is 5.32 Å².